The SMILES string of the molecule is CCCCCCCCC1CCC(CCc2ccc(-c3ccc(CC)cn3)cc2)CC1. The predicted molar refractivity (Wildman–Crippen MR) is 131 cm³/mol. The van der Waals surface area contributed by atoms with Crippen LogP contribution in [-0.2, 0) is 12.8 Å². The number of rotatable bonds is 12. The van der Waals surface area contributed by atoms with Gasteiger partial charge in [-0.15, -0.1) is 0 Å². The van der Waals surface area contributed by atoms with E-state index in [2.05, 4.69) is 55.2 Å². The van der Waals surface area contributed by atoms with Crippen LogP contribution in [0.5, 0.6) is 0 Å². The van der Waals surface area contributed by atoms with Gasteiger partial charge in [0, 0.05) is 11.8 Å². The molecule has 164 valence electrons. The van der Waals surface area contributed by atoms with Crippen LogP contribution < -0.4 is 0 Å². The molecule has 2 aromatic rings. The number of hydrogen-bond acceptors (Lipinski definition) is 1. The third-order valence-electron chi connectivity index (χ3n) is 7.26. The molecular weight excluding hydrogens is 362 g/mol. The Morgan fingerprint density at radius 3 is 1.97 bits per heavy atom. The molecule has 0 unspecified atom stereocenters. The number of aryl methyl sites for hydroxylation is 2. The Morgan fingerprint density at radius 1 is 0.700 bits per heavy atom. The molecule has 1 heterocycles. The minimum absolute atomic E-state index is 0.953. The van der Waals surface area contributed by atoms with E-state index in [1.54, 1.807) is 0 Å². The van der Waals surface area contributed by atoms with Crippen molar-refractivity contribution in [3.63, 3.8) is 0 Å². The van der Waals surface area contributed by atoms with E-state index in [0.717, 1.165) is 24.0 Å². The van der Waals surface area contributed by atoms with Gasteiger partial charge < -0.3 is 0 Å². The minimum atomic E-state index is 0.953. The van der Waals surface area contributed by atoms with Crippen molar-refractivity contribution in [2.45, 2.75) is 104 Å². The average Bonchev–Trinajstić information content (AvgIpc) is 2.81. The van der Waals surface area contributed by atoms with Crippen LogP contribution in [0.1, 0.15) is 102 Å². The van der Waals surface area contributed by atoms with Crippen molar-refractivity contribution in [2.24, 2.45) is 11.8 Å². The molecule has 1 saturated carbocycles. The van der Waals surface area contributed by atoms with Gasteiger partial charge >= 0.3 is 0 Å². The van der Waals surface area contributed by atoms with Gasteiger partial charge in [-0.25, -0.2) is 0 Å². The first kappa shape index (κ1) is 23.0. The first-order valence-electron chi connectivity index (χ1n) is 12.8. The summed E-state index contributed by atoms with van der Waals surface area (Å²) in [5.41, 5.74) is 5.11. The van der Waals surface area contributed by atoms with Crippen molar-refractivity contribution in [2.75, 3.05) is 0 Å². The van der Waals surface area contributed by atoms with Crippen LogP contribution in [0.4, 0.5) is 0 Å². The average molecular weight is 406 g/mol. The van der Waals surface area contributed by atoms with Crippen molar-refractivity contribution in [1.82, 2.24) is 4.98 Å². The molecule has 1 heteroatoms. The fraction of sp³-hybridized carbons (Fsp3) is 0.621. The number of nitrogens with zero attached hydrogens (tertiary/aromatic N) is 1. The molecule has 0 bridgehead atoms. The van der Waals surface area contributed by atoms with Crippen LogP contribution in [-0.4, -0.2) is 4.98 Å². The van der Waals surface area contributed by atoms with Crippen molar-refractivity contribution < 1.29 is 0 Å². The second kappa shape index (κ2) is 12.9. The smallest absolute Gasteiger partial charge is 0.0702 e. The van der Waals surface area contributed by atoms with Crippen molar-refractivity contribution >= 4 is 0 Å². The molecule has 0 amide bonds. The summed E-state index contributed by atoms with van der Waals surface area (Å²) >= 11 is 0. The summed E-state index contributed by atoms with van der Waals surface area (Å²) in [6, 6.07) is 13.5. The molecule has 1 nitrogen and oxygen atoms in total. The molecule has 0 N–H and O–H groups in total. The zero-order valence-corrected chi connectivity index (χ0v) is 19.5. The molecule has 0 atom stereocenters. The van der Waals surface area contributed by atoms with E-state index in [4.69, 9.17) is 0 Å². The monoisotopic (exact) mass is 405 g/mol. The lowest BCUT2D eigenvalue weighted by atomic mass is 9.77. The van der Waals surface area contributed by atoms with Crippen LogP contribution in [0.3, 0.4) is 0 Å². The maximum absolute atomic E-state index is 4.62. The Labute approximate surface area is 185 Å². The Hall–Kier alpha value is -1.63. The maximum Gasteiger partial charge on any atom is 0.0702 e. The summed E-state index contributed by atoms with van der Waals surface area (Å²) < 4.78 is 0. The van der Waals surface area contributed by atoms with E-state index in [9.17, 15) is 0 Å². The summed E-state index contributed by atoms with van der Waals surface area (Å²) in [6.07, 6.45) is 21.7. The van der Waals surface area contributed by atoms with E-state index in [1.807, 2.05) is 6.20 Å². The Balaban J connectivity index is 1.33. The molecule has 0 spiro atoms. The van der Waals surface area contributed by atoms with Gasteiger partial charge in [0.15, 0.2) is 0 Å². The fourth-order valence-electron chi connectivity index (χ4n) is 5.04. The van der Waals surface area contributed by atoms with Gasteiger partial charge in [0.1, 0.15) is 0 Å². The number of benzene rings is 1. The number of hydrogen-bond donors (Lipinski definition) is 0. The first-order valence-corrected chi connectivity index (χ1v) is 12.8. The molecule has 0 radical (unpaired) electrons. The van der Waals surface area contributed by atoms with E-state index in [-0.39, 0.29) is 0 Å². The zero-order chi connectivity index (χ0) is 21.0. The van der Waals surface area contributed by atoms with E-state index in [0.29, 0.717) is 0 Å². The highest BCUT2D eigenvalue weighted by molar-refractivity contribution is 5.59. The molecular formula is C29H43N. The third kappa shape index (κ3) is 7.56. The molecule has 1 aromatic heterocycles. The molecule has 1 fully saturated rings. The summed E-state index contributed by atoms with van der Waals surface area (Å²) in [4.78, 5) is 4.62. The van der Waals surface area contributed by atoms with Crippen LogP contribution >= 0.6 is 0 Å². The van der Waals surface area contributed by atoms with Gasteiger partial charge in [-0.3, -0.25) is 4.98 Å². The van der Waals surface area contributed by atoms with Gasteiger partial charge in [0.05, 0.1) is 5.69 Å². The van der Waals surface area contributed by atoms with Crippen LogP contribution in [0.2, 0.25) is 0 Å². The highest BCUT2D eigenvalue weighted by atomic mass is 14.7. The largest absolute Gasteiger partial charge is 0.256 e. The fourth-order valence-corrected chi connectivity index (χ4v) is 5.04. The van der Waals surface area contributed by atoms with Crippen LogP contribution in [0, 0.1) is 11.8 Å². The summed E-state index contributed by atoms with van der Waals surface area (Å²) in [5.74, 6) is 1.98. The first-order chi connectivity index (χ1) is 14.8. The summed E-state index contributed by atoms with van der Waals surface area (Å²) in [7, 11) is 0. The van der Waals surface area contributed by atoms with Crippen LogP contribution in [0.15, 0.2) is 42.6 Å². The van der Waals surface area contributed by atoms with Crippen molar-refractivity contribution in [1.29, 1.82) is 0 Å². The maximum atomic E-state index is 4.62. The number of pyridine rings is 1. The highest BCUT2D eigenvalue weighted by Gasteiger charge is 2.20. The second-order valence-electron chi connectivity index (χ2n) is 9.58. The molecule has 30 heavy (non-hydrogen) atoms. The van der Waals surface area contributed by atoms with Crippen LogP contribution in [0.25, 0.3) is 11.3 Å². The predicted octanol–water partition coefficient (Wildman–Crippen LogP) is 8.80. The molecule has 1 aliphatic rings. The van der Waals surface area contributed by atoms with Gasteiger partial charge in [-0.05, 0) is 48.3 Å². The molecule has 1 aromatic carbocycles. The minimum Gasteiger partial charge on any atom is -0.256 e. The normalized spacial score (nSPS) is 19.1. The van der Waals surface area contributed by atoms with Gasteiger partial charge in [0.2, 0.25) is 0 Å². The molecule has 0 saturated heterocycles. The molecule has 3 rings (SSSR count). The standard InChI is InChI=1S/C29H43N/c1-3-5-6-7-8-9-10-25-11-13-26(14-12-25)15-16-27-17-20-28(21-18-27)29-22-19-24(4-2)23-30-29/h17-23,25-26H,3-16H2,1-2H3. The molecule has 1 aliphatic carbocycles. The Kier molecular flexibility index (Phi) is 9.93. The summed E-state index contributed by atoms with van der Waals surface area (Å²) in [5, 5.41) is 0. The highest BCUT2D eigenvalue weighted by Crippen LogP contribution is 2.34. The van der Waals surface area contributed by atoms with E-state index in [1.165, 1.54) is 100 Å². The van der Waals surface area contributed by atoms with Crippen molar-refractivity contribution in [3.05, 3.63) is 53.7 Å². The Morgan fingerprint density at radius 2 is 1.33 bits per heavy atom. The lowest BCUT2D eigenvalue weighted by molar-refractivity contribution is 0.248. The lowest BCUT2D eigenvalue weighted by Gasteiger charge is -2.28. The second-order valence-corrected chi connectivity index (χ2v) is 9.58. The number of unbranched alkanes of at least 4 members (excludes halogenated alkanes) is 5. The van der Waals surface area contributed by atoms with E-state index >= 15 is 0 Å². The quantitative estimate of drug-likeness (QED) is 0.321. The number of aromatic nitrogens is 1. The van der Waals surface area contributed by atoms with Gasteiger partial charge in [-0.1, -0.05) is 115 Å². The topological polar surface area (TPSA) is 12.9 Å². The summed E-state index contributed by atoms with van der Waals surface area (Å²) in [6.45, 7) is 4.48. The Bertz CT molecular complexity index is 692. The molecule has 0 aliphatic heterocycles. The van der Waals surface area contributed by atoms with Gasteiger partial charge in [-0.2, -0.15) is 0 Å². The van der Waals surface area contributed by atoms with Gasteiger partial charge in [0.25, 0.3) is 0 Å². The van der Waals surface area contributed by atoms with E-state index < -0.39 is 0 Å². The van der Waals surface area contributed by atoms with Crippen molar-refractivity contribution in [3.8, 4) is 11.3 Å². The zero-order valence-electron chi connectivity index (χ0n) is 19.5. The third-order valence-corrected chi connectivity index (χ3v) is 7.26. The lowest BCUT2D eigenvalue weighted by Crippen LogP contribution is -2.15.